The second-order valence-electron chi connectivity index (χ2n) is 8.41. The minimum Gasteiger partial charge on any atom is -0.489 e. The number of ether oxygens (including phenoxy) is 2. The lowest BCUT2D eigenvalue weighted by Gasteiger charge is -2.26. The Morgan fingerprint density at radius 2 is 1.89 bits per heavy atom. The number of halogens is 2. The van der Waals surface area contributed by atoms with E-state index in [0.717, 1.165) is 17.7 Å². The zero-order valence-electron chi connectivity index (χ0n) is 18.8. The Hall–Kier alpha value is -4.02. The molecule has 3 N–H and O–H groups in total. The molecule has 184 valence electrons. The highest BCUT2D eigenvalue weighted by Crippen LogP contribution is 2.40. The molecule has 1 aliphatic heterocycles. The summed E-state index contributed by atoms with van der Waals surface area (Å²) in [4.78, 5) is 51.0. The van der Waals surface area contributed by atoms with E-state index in [1.54, 1.807) is 0 Å². The zero-order valence-corrected chi connectivity index (χ0v) is 18.8. The number of rotatable bonds is 10. The molecule has 9 nitrogen and oxygen atoms in total. The Bertz CT molecular complexity index is 1200. The number of anilines is 1. The minimum absolute atomic E-state index is 0.000264. The van der Waals surface area contributed by atoms with Gasteiger partial charge in [-0.2, -0.15) is 8.78 Å². The van der Waals surface area contributed by atoms with E-state index >= 15 is 0 Å². The van der Waals surface area contributed by atoms with Crippen molar-refractivity contribution in [2.45, 2.75) is 38.8 Å². The molecule has 0 radical (unpaired) electrons. The molecule has 1 atom stereocenters. The molecular formula is C24H23F2N3O6. The summed E-state index contributed by atoms with van der Waals surface area (Å²) in [7, 11) is 0. The zero-order chi connectivity index (χ0) is 25.3. The number of imide groups is 1. The quantitative estimate of drug-likeness (QED) is 0.495. The topological polar surface area (TPSA) is 128 Å². The number of hydrogen-bond donors (Lipinski definition) is 2. The number of amides is 4. The largest absolute Gasteiger partial charge is 0.489 e. The van der Waals surface area contributed by atoms with Gasteiger partial charge in [0.25, 0.3) is 11.8 Å². The molecule has 4 rings (SSSR count). The van der Waals surface area contributed by atoms with Crippen LogP contribution in [0.1, 0.15) is 58.5 Å². The molecule has 0 bridgehead atoms. The third-order valence-corrected chi connectivity index (χ3v) is 5.70. The lowest BCUT2D eigenvalue weighted by Crippen LogP contribution is -2.36. The maximum atomic E-state index is 13.4. The number of alkyl halides is 2. The van der Waals surface area contributed by atoms with E-state index in [1.165, 1.54) is 43.3 Å². The van der Waals surface area contributed by atoms with Gasteiger partial charge in [-0.1, -0.05) is 12.1 Å². The Kier molecular flexibility index (Phi) is 6.68. The first-order chi connectivity index (χ1) is 16.7. The predicted molar refractivity (Wildman–Crippen MR) is 119 cm³/mol. The van der Waals surface area contributed by atoms with Crippen LogP contribution in [0.4, 0.5) is 14.5 Å². The fourth-order valence-electron chi connectivity index (χ4n) is 3.96. The van der Waals surface area contributed by atoms with Gasteiger partial charge in [-0.15, -0.1) is 0 Å². The van der Waals surface area contributed by atoms with Crippen LogP contribution >= 0.6 is 0 Å². The van der Waals surface area contributed by atoms with E-state index in [2.05, 4.69) is 10.1 Å². The van der Waals surface area contributed by atoms with Crippen molar-refractivity contribution >= 4 is 29.3 Å². The first kappa shape index (κ1) is 24.1. The molecule has 2 aromatic carbocycles. The number of nitrogens with two attached hydrogens (primary N) is 1. The number of carbonyl (C=O) groups excluding carboxylic acids is 4. The number of hydrogen-bond acceptors (Lipinski definition) is 6. The van der Waals surface area contributed by atoms with Crippen molar-refractivity contribution in [3.05, 3.63) is 53.1 Å². The highest BCUT2D eigenvalue weighted by Gasteiger charge is 2.43. The number of carbonyl (C=O) groups is 4. The molecule has 2 aliphatic rings. The van der Waals surface area contributed by atoms with Crippen molar-refractivity contribution in [3.8, 4) is 11.5 Å². The first-order valence-electron chi connectivity index (χ1n) is 10.9. The van der Waals surface area contributed by atoms with Crippen LogP contribution in [0, 0.1) is 5.92 Å². The molecule has 1 aliphatic carbocycles. The van der Waals surface area contributed by atoms with Crippen molar-refractivity contribution in [3.63, 3.8) is 0 Å². The minimum atomic E-state index is -3.09. The van der Waals surface area contributed by atoms with E-state index < -0.39 is 42.7 Å². The summed E-state index contributed by atoms with van der Waals surface area (Å²) in [5, 5.41) is 2.53. The van der Waals surface area contributed by atoms with Crippen molar-refractivity contribution < 1.29 is 37.4 Å². The summed E-state index contributed by atoms with van der Waals surface area (Å²) < 4.78 is 36.0. The SMILES string of the molecule is CC(=O)Nc1cccc2c1C(=O)N([C@H](CC(N)=O)c1ccc(OC(F)F)c(OCC3CC3)c1)C2=O. The highest BCUT2D eigenvalue weighted by atomic mass is 19.3. The lowest BCUT2D eigenvalue weighted by molar-refractivity contribution is -0.119. The van der Waals surface area contributed by atoms with E-state index in [4.69, 9.17) is 10.5 Å². The number of primary amides is 1. The van der Waals surface area contributed by atoms with Crippen LogP contribution in [-0.4, -0.2) is 41.7 Å². The molecule has 0 unspecified atom stereocenters. The van der Waals surface area contributed by atoms with Gasteiger partial charge in [0.2, 0.25) is 11.8 Å². The van der Waals surface area contributed by atoms with Crippen molar-refractivity contribution in [2.24, 2.45) is 11.7 Å². The van der Waals surface area contributed by atoms with Gasteiger partial charge in [-0.25, -0.2) is 0 Å². The van der Waals surface area contributed by atoms with Gasteiger partial charge in [0, 0.05) is 6.92 Å². The smallest absolute Gasteiger partial charge is 0.387 e. The van der Waals surface area contributed by atoms with Crippen LogP contribution < -0.4 is 20.5 Å². The lowest BCUT2D eigenvalue weighted by atomic mass is 10.0. The molecule has 1 heterocycles. The Balaban J connectivity index is 1.73. The van der Waals surface area contributed by atoms with Gasteiger partial charge in [-0.05, 0) is 48.6 Å². The van der Waals surface area contributed by atoms with E-state index in [-0.39, 0.29) is 40.5 Å². The molecule has 2 aromatic rings. The van der Waals surface area contributed by atoms with Crippen LogP contribution in [0.5, 0.6) is 11.5 Å². The van der Waals surface area contributed by atoms with E-state index in [1.807, 2.05) is 0 Å². The normalized spacial score (nSPS) is 15.7. The molecule has 1 fully saturated rings. The molecular weight excluding hydrogens is 464 g/mol. The molecule has 4 amide bonds. The molecule has 0 aromatic heterocycles. The molecule has 0 spiro atoms. The molecule has 35 heavy (non-hydrogen) atoms. The highest BCUT2D eigenvalue weighted by molar-refractivity contribution is 6.24. The van der Waals surface area contributed by atoms with Crippen LogP contribution in [0.25, 0.3) is 0 Å². The van der Waals surface area contributed by atoms with Gasteiger partial charge in [-0.3, -0.25) is 24.1 Å². The fraction of sp³-hybridized carbons (Fsp3) is 0.333. The summed E-state index contributed by atoms with van der Waals surface area (Å²) >= 11 is 0. The maximum absolute atomic E-state index is 13.4. The average molecular weight is 487 g/mol. The van der Waals surface area contributed by atoms with Gasteiger partial charge < -0.3 is 20.5 Å². The Morgan fingerprint density at radius 3 is 2.51 bits per heavy atom. The third-order valence-electron chi connectivity index (χ3n) is 5.70. The Labute approximate surface area is 199 Å². The standard InChI is InChI=1S/C24H23F2N3O6/c1-12(30)28-16-4-2-3-15-21(16)23(33)29(22(15)32)17(10-20(27)31)14-7-8-18(35-24(25)26)19(9-14)34-11-13-5-6-13/h2-4,7-9,13,17,24H,5-6,10-11H2,1H3,(H2,27,31)(H,28,30)/t17-/m1/s1. The van der Waals surface area contributed by atoms with Gasteiger partial charge in [0.15, 0.2) is 11.5 Å². The van der Waals surface area contributed by atoms with E-state index in [0.29, 0.717) is 5.92 Å². The van der Waals surface area contributed by atoms with Gasteiger partial charge in [0.05, 0.1) is 35.9 Å². The summed E-state index contributed by atoms with van der Waals surface area (Å²) in [6.07, 6.45) is 1.50. The summed E-state index contributed by atoms with van der Waals surface area (Å²) in [5.41, 5.74) is 5.90. The van der Waals surface area contributed by atoms with E-state index in [9.17, 15) is 28.0 Å². The van der Waals surface area contributed by atoms with Gasteiger partial charge >= 0.3 is 6.61 Å². The Morgan fingerprint density at radius 1 is 1.14 bits per heavy atom. The fourth-order valence-corrected chi connectivity index (χ4v) is 3.96. The summed E-state index contributed by atoms with van der Waals surface area (Å²) in [6.45, 7) is -1.54. The monoisotopic (exact) mass is 487 g/mol. The molecule has 11 heteroatoms. The van der Waals surface area contributed by atoms with Crippen LogP contribution in [0.2, 0.25) is 0 Å². The number of nitrogens with zero attached hydrogens (tertiary/aromatic N) is 1. The van der Waals surface area contributed by atoms with Crippen molar-refractivity contribution in [1.82, 2.24) is 4.90 Å². The second-order valence-corrected chi connectivity index (χ2v) is 8.41. The van der Waals surface area contributed by atoms with Crippen molar-refractivity contribution in [2.75, 3.05) is 11.9 Å². The maximum Gasteiger partial charge on any atom is 0.387 e. The molecule has 1 saturated carbocycles. The summed E-state index contributed by atoms with van der Waals surface area (Å²) in [5.74, 6) is -2.54. The number of fused-ring (bicyclic) bond motifs is 1. The predicted octanol–water partition coefficient (Wildman–Crippen LogP) is 3.25. The average Bonchev–Trinajstić information content (AvgIpc) is 3.57. The second kappa shape index (κ2) is 9.69. The van der Waals surface area contributed by atoms with Crippen molar-refractivity contribution in [1.29, 1.82) is 0 Å². The van der Waals surface area contributed by atoms with Gasteiger partial charge in [0.1, 0.15) is 0 Å². The number of nitrogens with one attached hydrogen (secondary N) is 1. The van der Waals surface area contributed by atoms with Crippen LogP contribution in [0.3, 0.4) is 0 Å². The van der Waals surface area contributed by atoms with Crippen LogP contribution in [-0.2, 0) is 9.59 Å². The summed E-state index contributed by atoms with van der Waals surface area (Å²) in [6, 6.07) is 7.26. The number of benzene rings is 2. The first-order valence-corrected chi connectivity index (χ1v) is 10.9. The molecule has 0 saturated heterocycles. The van der Waals surface area contributed by atoms with Crippen LogP contribution in [0.15, 0.2) is 36.4 Å². The third kappa shape index (κ3) is 5.23.